The number of halogens is 2. The first-order valence-electron chi connectivity index (χ1n) is 6.38. The van der Waals surface area contributed by atoms with Gasteiger partial charge in [-0.05, 0) is 80.1 Å². The summed E-state index contributed by atoms with van der Waals surface area (Å²) in [6.07, 6.45) is 0. The highest BCUT2D eigenvalue weighted by Crippen LogP contribution is 2.35. The van der Waals surface area contributed by atoms with Gasteiger partial charge in [-0.2, -0.15) is 0 Å². The van der Waals surface area contributed by atoms with E-state index in [1.54, 1.807) is 0 Å². The Morgan fingerprint density at radius 1 is 0.950 bits per heavy atom. The number of hydrogen-bond donors (Lipinski definition) is 1. The van der Waals surface area contributed by atoms with Crippen LogP contribution in [0.1, 0.15) is 22.3 Å². The molecule has 20 heavy (non-hydrogen) atoms. The number of ether oxygens (including phenoxy) is 1. The highest BCUT2D eigenvalue weighted by molar-refractivity contribution is 9.11. The second-order valence-electron chi connectivity index (χ2n) is 4.80. The van der Waals surface area contributed by atoms with Crippen LogP contribution in [0, 0.1) is 13.8 Å². The Kier molecular flexibility index (Phi) is 5.24. The van der Waals surface area contributed by atoms with E-state index in [2.05, 4.69) is 63.9 Å². The Morgan fingerprint density at radius 3 is 2.15 bits per heavy atom. The van der Waals surface area contributed by atoms with E-state index in [4.69, 9.17) is 10.5 Å². The molecular formula is C16H17Br2NO. The lowest BCUT2D eigenvalue weighted by atomic mass is 10.1. The molecule has 0 aromatic heterocycles. The lowest BCUT2D eigenvalue weighted by Crippen LogP contribution is -2.00. The van der Waals surface area contributed by atoms with E-state index in [1.165, 1.54) is 11.1 Å². The zero-order valence-electron chi connectivity index (χ0n) is 11.5. The predicted molar refractivity (Wildman–Crippen MR) is 90.0 cm³/mol. The van der Waals surface area contributed by atoms with Crippen molar-refractivity contribution < 1.29 is 4.74 Å². The van der Waals surface area contributed by atoms with Gasteiger partial charge in [0.25, 0.3) is 0 Å². The van der Waals surface area contributed by atoms with Crippen LogP contribution in [0.4, 0.5) is 0 Å². The van der Waals surface area contributed by atoms with Crippen molar-refractivity contribution >= 4 is 31.9 Å². The van der Waals surface area contributed by atoms with Gasteiger partial charge in [-0.1, -0.05) is 18.2 Å². The summed E-state index contributed by atoms with van der Waals surface area (Å²) in [6, 6.07) is 10.3. The van der Waals surface area contributed by atoms with Crippen LogP contribution in [0.2, 0.25) is 0 Å². The molecule has 2 rings (SSSR count). The molecule has 0 fully saturated rings. The fraction of sp³-hybridized carbons (Fsp3) is 0.250. The highest BCUT2D eigenvalue weighted by Gasteiger charge is 2.09. The van der Waals surface area contributed by atoms with E-state index in [1.807, 2.05) is 12.1 Å². The quantitative estimate of drug-likeness (QED) is 0.797. The number of benzene rings is 2. The Balaban J connectivity index is 2.16. The van der Waals surface area contributed by atoms with Crippen molar-refractivity contribution in [3.05, 3.63) is 61.5 Å². The van der Waals surface area contributed by atoms with Crippen molar-refractivity contribution in [2.75, 3.05) is 0 Å². The summed E-state index contributed by atoms with van der Waals surface area (Å²) in [5, 5.41) is 0. The monoisotopic (exact) mass is 397 g/mol. The van der Waals surface area contributed by atoms with Crippen LogP contribution in [-0.2, 0) is 13.2 Å². The lowest BCUT2D eigenvalue weighted by molar-refractivity contribution is 0.302. The minimum Gasteiger partial charge on any atom is -0.487 e. The van der Waals surface area contributed by atoms with Crippen molar-refractivity contribution in [2.45, 2.75) is 27.0 Å². The van der Waals surface area contributed by atoms with Crippen LogP contribution in [-0.4, -0.2) is 0 Å². The lowest BCUT2D eigenvalue weighted by Gasteiger charge is -2.12. The smallest absolute Gasteiger partial charge is 0.148 e. The Hall–Kier alpha value is -0.840. The molecule has 2 nitrogen and oxygen atoms in total. The summed E-state index contributed by atoms with van der Waals surface area (Å²) in [7, 11) is 0. The van der Waals surface area contributed by atoms with Gasteiger partial charge in [0.15, 0.2) is 0 Å². The number of aryl methyl sites for hydroxylation is 2. The first kappa shape index (κ1) is 15.5. The molecule has 0 unspecified atom stereocenters. The SMILES string of the molecule is Cc1ccc(COc2c(Br)cc(CN)cc2Br)cc1C. The Morgan fingerprint density at radius 2 is 1.60 bits per heavy atom. The Labute approximate surface area is 136 Å². The predicted octanol–water partition coefficient (Wildman–Crippen LogP) is 4.87. The van der Waals surface area contributed by atoms with Crippen LogP contribution in [0.15, 0.2) is 39.3 Å². The van der Waals surface area contributed by atoms with Crippen molar-refractivity contribution in [2.24, 2.45) is 5.73 Å². The number of hydrogen-bond acceptors (Lipinski definition) is 2. The fourth-order valence-electron chi connectivity index (χ4n) is 1.92. The topological polar surface area (TPSA) is 35.2 Å². The first-order chi connectivity index (χ1) is 9.51. The zero-order chi connectivity index (χ0) is 14.7. The zero-order valence-corrected chi connectivity index (χ0v) is 14.7. The van der Waals surface area contributed by atoms with Gasteiger partial charge in [-0.3, -0.25) is 0 Å². The molecule has 0 heterocycles. The summed E-state index contributed by atoms with van der Waals surface area (Å²) < 4.78 is 7.74. The first-order valence-corrected chi connectivity index (χ1v) is 7.96. The molecule has 0 bridgehead atoms. The molecule has 4 heteroatoms. The molecule has 0 saturated carbocycles. The molecule has 0 radical (unpaired) electrons. The third-order valence-electron chi connectivity index (χ3n) is 3.25. The van der Waals surface area contributed by atoms with E-state index in [9.17, 15) is 0 Å². The second-order valence-corrected chi connectivity index (χ2v) is 6.51. The maximum Gasteiger partial charge on any atom is 0.148 e. The molecule has 0 saturated heterocycles. The van der Waals surface area contributed by atoms with E-state index >= 15 is 0 Å². The third kappa shape index (κ3) is 3.62. The van der Waals surface area contributed by atoms with Gasteiger partial charge >= 0.3 is 0 Å². The van der Waals surface area contributed by atoms with Crippen LogP contribution in [0.5, 0.6) is 5.75 Å². The number of nitrogens with two attached hydrogens (primary N) is 1. The van der Waals surface area contributed by atoms with Crippen molar-refractivity contribution in [1.82, 2.24) is 0 Å². The van der Waals surface area contributed by atoms with Crippen LogP contribution in [0.25, 0.3) is 0 Å². The number of rotatable bonds is 4. The molecule has 0 amide bonds. The maximum absolute atomic E-state index is 5.91. The summed E-state index contributed by atoms with van der Waals surface area (Å²) in [6.45, 7) is 5.27. The van der Waals surface area contributed by atoms with Crippen molar-refractivity contribution in [1.29, 1.82) is 0 Å². The molecule has 0 spiro atoms. The third-order valence-corrected chi connectivity index (χ3v) is 4.43. The largest absolute Gasteiger partial charge is 0.487 e. The molecule has 106 valence electrons. The van der Waals surface area contributed by atoms with Gasteiger partial charge in [-0.25, -0.2) is 0 Å². The average Bonchev–Trinajstić information content (AvgIpc) is 2.41. The standard InChI is InChI=1S/C16H17Br2NO/c1-10-3-4-12(5-11(10)2)9-20-16-14(17)6-13(8-19)7-15(16)18/h3-7H,8-9,19H2,1-2H3. The fourth-order valence-corrected chi connectivity index (χ4v) is 3.43. The summed E-state index contributed by atoms with van der Waals surface area (Å²) >= 11 is 7.06. The van der Waals surface area contributed by atoms with Gasteiger partial charge in [0.1, 0.15) is 12.4 Å². The average molecular weight is 399 g/mol. The van der Waals surface area contributed by atoms with Gasteiger partial charge in [-0.15, -0.1) is 0 Å². The van der Waals surface area contributed by atoms with Crippen molar-refractivity contribution in [3.8, 4) is 5.75 Å². The summed E-state index contributed by atoms with van der Waals surface area (Å²) in [5.74, 6) is 0.806. The molecule has 2 aromatic carbocycles. The minimum absolute atomic E-state index is 0.509. The molecule has 0 aliphatic carbocycles. The molecule has 0 aliphatic heterocycles. The minimum atomic E-state index is 0.509. The molecular weight excluding hydrogens is 382 g/mol. The van der Waals surface area contributed by atoms with Crippen LogP contribution in [0.3, 0.4) is 0 Å². The normalized spacial score (nSPS) is 10.7. The van der Waals surface area contributed by atoms with E-state index in [0.29, 0.717) is 13.2 Å². The highest BCUT2D eigenvalue weighted by atomic mass is 79.9. The Bertz CT molecular complexity index is 603. The van der Waals surface area contributed by atoms with Gasteiger partial charge in [0.2, 0.25) is 0 Å². The van der Waals surface area contributed by atoms with Gasteiger partial charge in [0.05, 0.1) is 8.95 Å². The molecule has 0 atom stereocenters. The molecule has 0 aliphatic rings. The van der Waals surface area contributed by atoms with E-state index < -0.39 is 0 Å². The van der Waals surface area contributed by atoms with Gasteiger partial charge < -0.3 is 10.5 Å². The van der Waals surface area contributed by atoms with Gasteiger partial charge in [0, 0.05) is 6.54 Å². The maximum atomic E-state index is 5.91. The summed E-state index contributed by atoms with van der Waals surface area (Å²) in [5.41, 5.74) is 10.4. The van der Waals surface area contributed by atoms with E-state index in [0.717, 1.165) is 25.8 Å². The van der Waals surface area contributed by atoms with E-state index in [-0.39, 0.29) is 0 Å². The summed E-state index contributed by atoms with van der Waals surface area (Å²) in [4.78, 5) is 0. The van der Waals surface area contributed by atoms with Crippen LogP contribution >= 0.6 is 31.9 Å². The second kappa shape index (κ2) is 6.74. The van der Waals surface area contributed by atoms with Crippen LogP contribution < -0.4 is 10.5 Å². The van der Waals surface area contributed by atoms with Crippen molar-refractivity contribution in [3.63, 3.8) is 0 Å². The molecule has 2 aromatic rings. The molecule has 2 N–H and O–H groups in total.